The predicted molar refractivity (Wildman–Crippen MR) is 65.5 cm³/mol. The van der Waals surface area contributed by atoms with Gasteiger partial charge in [0.05, 0.1) is 6.61 Å². The van der Waals surface area contributed by atoms with Crippen molar-refractivity contribution in [1.29, 1.82) is 0 Å². The third kappa shape index (κ3) is 4.43. The van der Waals surface area contributed by atoms with E-state index in [4.69, 9.17) is 9.84 Å². The number of rotatable bonds is 6. The molecule has 1 rings (SSSR count). The van der Waals surface area contributed by atoms with Crippen molar-refractivity contribution in [3.05, 3.63) is 23.5 Å². The second-order valence-corrected chi connectivity index (χ2v) is 4.51. The van der Waals surface area contributed by atoms with Crippen LogP contribution in [0.3, 0.4) is 0 Å². The van der Waals surface area contributed by atoms with E-state index in [2.05, 4.69) is 18.8 Å². The highest BCUT2D eigenvalue weighted by Gasteiger charge is 2.12. The van der Waals surface area contributed by atoms with Crippen LogP contribution in [0.5, 0.6) is 5.75 Å². The molecular weight excluding hydrogens is 218 g/mol. The van der Waals surface area contributed by atoms with Gasteiger partial charge in [-0.1, -0.05) is 13.8 Å². The van der Waals surface area contributed by atoms with Gasteiger partial charge in [-0.15, -0.1) is 0 Å². The molecule has 4 heteroatoms. The van der Waals surface area contributed by atoms with Gasteiger partial charge in [-0.05, 0) is 25.7 Å². The lowest BCUT2D eigenvalue weighted by molar-refractivity contribution is 0.0691. The Labute approximate surface area is 102 Å². The Morgan fingerprint density at radius 1 is 1.53 bits per heavy atom. The largest absolute Gasteiger partial charge is 0.493 e. The molecule has 1 aromatic heterocycles. The number of ether oxygens (including phenoxy) is 1. The fourth-order valence-corrected chi connectivity index (χ4v) is 1.49. The highest BCUT2D eigenvalue weighted by atomic mass is 16.5. The summed E-state index contributed by atoms with van der Waals surface area (Å²) in [7, 11) is 0. The lowest BCUT2D eigenvalue weighted by Gasteiger charge is -2.10. The molecule has 17 heavy (non-hydrogen) atoms. The molecule has 0 aromatic carbocycles. The Bertz CT molecular complexity index is 388. The van der Waals surface area contributed by atoms with E-state index < -0.39 is 5.97 Å². The first-order valence-electron chi connectivity index (χ1n) is 5.83. The van der Waals surface area contributed by atoms with Crippen LogP contribution in [0.1, 0.15) is 42.7 Å². The molecule has 0 radical (unpaired) electrons. The summed E-state index contributed by atoms with van der Waals surface area (Å²) in [6, 6.07) is 1.67. The smallest absolute Gasteiger partial charge is 0.341 e. The topological polar surface area (TPSA) is 59.4 Å². The van der Waals surface area contributed by atoms with Gasteiger partial charge in [0.1, 0.15) is 11.3 Å². The molecule has 94 valence electrons. The SMILES string of the molecule is Cc1cc(OCCCC(C)C)c(C(=O)O)cn1. The normalized spacial score (nSPS) is 10.6. The second-order valence-electron chi connectivity index (χ2n) is 4.51. The fourth-order valence-electron chi connectivity index (χ4n) is 1.49. The molecule has 0 fully saturated rings. The predicted octanol–water partition coefficient (Wildman–Crippen LogP) is 2.90. The van der Waals surface area contributed by atoms with Crippen LogP contribution >= 0.6 is 0 Å². The molecule has 0 saturated heterocycles. The van der Waals surface area contributed by atoms with E-state index in [1.165, 1.54) is 6.20 Å². The van der Waals surface area contributed by atoms with Crippen LogP contribution in [0.15, 0.2) is 12.3 Å². The summed E-state index contributed by atoms with van der Waals surface area (Å²) in [5.74, 6) is 0.0434. The van der Waals surface area contributed by atoms with Crippen molar-refractivity contribution in [2.45, 2.75) is 33.6 Å². The van der Waals surface area contributed by atoms with E-state index in [0.717, 1.165) is 18.5 Å². The van der Waals surface area contributed by atoms with Gasteiger partial charge < -0.3 is 9.84 Å². The minimum atomic E-state index is -1.00. The van der Waals surface area contributed by atoms with Gasteiger partial charge in [0.25, 0.3) is 0 Å². The van der Waals surface area contributed by atoms with Crippen LogP contribution in [-0.4, -0.2) is 22.7 Å². The van der Waals surface area contributed by atoms with Crippen LogP contribution in [0, 0.1) is 12.8 Å². The number of aromatic nitrogens is 1. The van der Waals surface area contributed by atoms with Crippen LogP contribution < -0.4 is 4.74 Å². The maximum atomic E-state index is 11.0. The van der Waals surface area contributed by atoms with E-state index in [1.54, 1.807) is 6.07 Å². The molecule has 4 nitrogen and oxygen atoms in total. The Hall–Kier alpha value is -1.58. The quantitative estimate of drug-likeness (QED) is 0.773. The first-order valence-corrected chi connectivity index (χ1v) is 5.83. The molecule has 0 aliphatic carbocycles. The summed E-state index contributed by atoms with van der Waals surface area (Å²) in [5, 5.41) is 8.98. The molecule has 0 aliphatic rings. The number of carboxylic acids is 1. The Morgan fingerprint density at radius 2 is 2.24 bits per heavy atom. The Morgan fingerprint density at radius 3 is 2.82 bits per heavy atom. The maximum Gasteiger partial charge on any atom is 0.341 e. The molecule has 0 spiro atoms. The first-order chi connectivity index (χ1) is 8.00. The minimum Gasteiger partial charge on any atom is -0.493 e. The van der Waals surface area contributed by atoms with E-state index in [9.17, 15) is 4.79 Å². The monoisotopic (exact) mass is 237 g/mol. The van der Waals surface area contributed by atoms with Gasteiger partial charge in [0.2, 0.25) is 0 Å². The van der Waals surface area contributed by atoms with Crippen molar-refractivity contribution in [2.75, 3.05) is 6.61 Å². The van der Waals surface area contributed by atoms with Crippen molar-refractivity contribution < 1.29 is 14.6 Å². The molecule has 0 unspecified atom stereocenters. The summed E-state index contributed by atoms with van der Waals surface area (Å²) in [4.78, 5) is 14.9. The number of carboxylic acid groups (broad SMARTS) is 1. The number of hydrogen-bond acceptors (Lipinski definition) is 3. The zero-order valence-electron chi connectivity index (χ0n) is 10.6. The van der Waals surface area contributed by atoms with E-state index in [0.29, 0.717) is 18.3 Å². The Balaban J connectivity index is 2.62. The summed E-state index contributed by atoms with van der Waals surface area (Å²) in [5.41, 5.74) is 0.883. The van der Waals surface area contributed by atoms with Gasteiger partial charge in [0.15, 0.2) is 0 Å². The standard InChI is InChI=1S/C13H19NO3/c1-9(2)5-4-6-17-12-7-10(3)14-8-11(12)13(15)16/h7-9H,4-6H2,1-3H3,(H,15,16). The van der Waals surface area contributed by atoms with Crippen LogP contribution in [0.2, 0.25) is 0 Å². The molecule has 1 heterocycles. The summed E-state index contributed by atoms with van der Waals surface area (Å²) in [6.45, 7) is 6.66. The zero-order valence-corrected chi connectivity index (χ0v) is 10.6. The van der Waals surface area contributed by atoms with Gasteiger partial charge in [-0.25, -0.2) is 4.79 Å². The zero-order chi connectivity index (χ0) is 12.8. The van der Waals surface area contributed by atoms with E-state index >= 15 is 0 Å². The fraction of sp³-hybridized carbons (Fsp3) is 0.538. The van der Waals surface area contributed by atoms with Crippen molar-refractivity contribution >= 4 is 5.97 Å². The average Bonchev–Trinajstić information content (AvgIpc) is 2.23. The van der Waals surface area contributed by atoms with Crippen LogP contribution in [-0.2, 0) is 0 Å². The van der Waals surface area contributed by atoms with Gasteiger partial charge >= 0.3 is 5.97 Å². The van der Waals surface area contributed by atoms with Gasteiger partial charge in [-0.3, -0.25) is 4.98 Å². The van der Waals surface area contributed by atoms with Crippen LogP contribution in [0.25, 0.3) is 0 Å². The number of aryl methyl sites for hydroxylation is 1. The molecule has 1 aromatic rings. The number of pyridine rings is 1. The number of hydrogen-bond donors (Lipinski definition) is 1. The maximum absolute atomic E-state index is 11.0. The molecule has 0 bridgehead atoms. The minimum absolute atomic E-state index is 0.125. The number of aromatic carboxylic acids is 1. The molecule has 0 atom stereocenters. The van der Waals surface area contributed by atoms with Gasteiger partial charge in [0, 0.05) is 18.0 Å². The summed E-state index contributed by atoms with van der Waals surface area (Å²) in [6.07, 6.45) is 3.35. The number of carbonyl (C=O) groups is 1. The summed E-state index contributed by atoms with van der Waals surface area (Å²) >= 11 is 0. The van der Waals surface area contributed by atoms with Gasteiger partial charge in [-0.2, -0.15) is 0 Å². The van der Waals surface area contributed by atoms with Crippen molar-refractivity contribution in [3.8, 4) is 5.75 Å². The highest BCUT2D eigenvalue weighted by molar-refractivity contribution is 5.90. The van der Waals surface area contributed by atoms with Crippen molar-refractivity contribution in [1.82, 2.24) is 4.98 Å². The lowest BCUT2D eigenvalue weighted by Crippen LogP contribution is -2.06. The van der Waals surface area contributed by atoms with Crippen molar-refractivity contribution in [2.24, 2.45) is 5.92 Å². The Kier molecular flexibility index (Phi) is 4.94. The molecule has 0 amide bonds. The van der Waals surface area contributed by atoms with E-state index in [1.807, 2.05) is 6.92 Å². The second kappa shape index (κ2) is 6.23. The average molecular weight is 237 g/mol. The summed E-state index contributed by atoms with van der Waals surface area (Å²) < 4.78 is 5.51. The number of nitrogens with zero attached hydrogens (tertiary/aromatic N) is 1. The van der Waals surface area contributed by atoms with Crippen LogP contribution in [0.4, 0.5) is 0 Å². The lowest BCUT2D eigenvalue weighted by atomic mass is 10.1. The molecule has 0 aliphatic heterocycles. The van der Waals surface area contributed by atoms with Crippen molar-refractivity contribution in [3.63, 3.8) is 0 Å². The molecular formula is C13H19NO3. The molecule has 0 saturated carbocycles. The van der Waals surface area contributed by atoms with E-state index in [-0.39, 0.29) is 5.56 Å². The highest BCUT2D eigenvalue weighted by Crippen LogP contribution is 2.19. The third-order valence-electron chi connectivity index (χ3n) is 2.42. The molecule has 1 N–H and O–H groups in total. The first kappa shape index (κ1) is 13.5. The third-order valence-corrected chi connectivity index (χ3v) is 2.42.